The maximum atomic E-state index is 13.6. The minimum Gasteiger partial charge on any atom is -0.376 e. The molecule has 0 aliphatic rings. The van der Waals surface area contributed by atoms with Gasteiger partial charge in [-0.25, -0.2) is 14.4 Å². The van der Waals surface area contributed by atoms with E-state index in [1.54, 1.807) is 6.08 Å². The summed E-state index contributed by atoms with van der Waals surface area (Å²) >= 11 is 0. The lowest BCUT2D eigenvalue weighted by molar-refractivity contribution is -0.123. The lowest BCUT2D eigenvalue weighted by Crippen LogP contribution is -2.29. The number of hydrogen-bond donors (Lipinski definition) is 4. The fourth-order valence-corrected chi connectivity index (χ4v) is 3.00. The smallest absolute Gasteiger partial charge is 0.376 e. The van der Waals surface area contributed by atoms with Gasteiger partial charge in [-0.3, -0.25) is 14.6 Å². The van der Waals surface area contributed by atoms with Gasteiger partial charge in [0, 0.05) is 24.0 Å². The number of nitrogens with one attached hydrogen (secondary N) is 4. The van der Waals surface area contributed by atoms with Gasteiger partial charge in [0.1, 0.15) is 6.54 Å². The Hall–Kier alpha value is -3.57. The Kier molecular flexibility index (Phi) is 9.70. The molecule has 2 heterocycles. The number of unbranched alkanes of at least 4 members (excludes halogenated alkanes) is 4. The summed E-state index contributed by atoms with van der Waals surface area (Å²) in [6, 6.07) is 0. The summed E-state index contributed by atoms with van der Waals surface area (Å²) in [6.07, 6.45) is 7.27. The Bertz CT molecular complexity index is 1030. The molecular formula is C21H25F4N7O. The van der Waals surface area contributed by atoms with Crippen molar-refractivity contribution in [1.82, 2.24) is 25.0 Å². The summed E-state index contributed by atoms with van der Waals surface area (Å²) in [5, 5.41) is 21.0. The highest BCUT2D eigenvalue weighted by Gasteiger charge is 2.27. The monoisotopic (exact) mass is 467 g/mol. The van der Waals surface area contributed by atoms with E-state index >= 15 is 0 Å². The number of fused-ring (bicyclic) bond motifs is 1. The topological polar surface area (TPSA) is 119 Å². The van der Waals surface area contributed by atoms with Gasteiger partial charge in [0.15, 0.2) is 5.82 Å². The Labute approximate surface area is 187 Å². The van der Waals surface area contributed by atoms with Crippen LogP contribution < -0.4 is 10.6 Å². The molecule has 0 spiro atoms. The quantitative estimate of drug-likeness (QED) is 0.112. The Morgan fingerprint density at radius 1 is 1.15 bits per heavy atom. The number of hydrogen-bond acceptors (Lipinski definition) is 6. The summed E-state index contributed by atoms with van der Waals surface area (Å²) in [5.41, 5.74) is -0.385. The van der Waals surface area contributed by atoms with Crippen molar-refractivity contribution in [1.29, 1.82) is 10.8 Å². The van der Waals surface area contributed by atoms with Crippen LogP contribution in [-0.4, -0.2) is 52.0 Å². The van der Waals surface area contributed by atoms with E-state index in [1.807, 2.05) is 0 Å². The van der Waals surface area contributed by atoms with Gasteiger partial charge < -0.3 is 16.0 Å². The number of carbonyl (C=O) groups is 1. The highest BCUT2D eigenvalue weighted by Crippen LogP contribution is 2.17. The molecule has 2 aromatic heterocycles. The van der Waals surface area contributed by atoms with Crippen molar-refractivity contribution in [2.75, 3.05) is 13.1 Å². The zero-order valence-electron chi connectivity index (χ0n) is 17.8. The predicted molar refractivity (Wildman–Crippen MR) is 116 cm³/mol. The Morgan fingerprint density at radius 3 is 2.58 bits per heavy atom. The van der Waals surface area contributed by atoms with Crippen molar-refractivity contribution in [2.24, 2.45) is 0 Å². The molecule has 2 rings (SSSR count). The van der Waals surface area contributed by atoms with Crippen molar-refractivity contribution in [3.8, 4) is 0 Å². The number of nitrogens with zero attached hydrogens (tertiary/aromatic N) is 3. The van der Waals surface area contributed by atoms with Crippen LogP contribution in [0.4, 0.5) is 17.6 Å². The van der Waals surface area contributed by atoms with Gasteiger partial charge >= 0.3 is 6.18 Å². The molecule has 0 aliphatic heterocycles. The standard InChI is InChI=1S/C21H25F4N7O/c22-15-10-29-20-30-11-18(32(20)12-15)19(27)16(9-26)17(31-13-21(23,24)25)7-5-3-1-2-4-6-8-28-14-33/h5,7,9-12,14,26-27,31H,1-4,6,8,13H2,(H,28,33)/b7-5+,17-16-,26-9?,27-19?. The first-order chi connectivity index (χ1) is 15.8. The van der Waals surface area contributed by atoms with E-state index in [2.05, 4.69) is 20.6 Å². The molecule has 0 atom stereocenters. The summed E-state index contributed by atoms with van der Waals surface area (Å²) in [6.45, 7) is -0.745. The Balaban J connectivity index is 2.19. The van der Waals surface area contributed by atoms with E-state index in [9.17, 15) is 22.4 Å². The number of rotatable bonds is 14. The summed E-state index contributed by atoms with van der Waals surface area (Å²) in [7, 11) is 0. The van der Waals surface area contributed by atoms with Crippen LogP contribution in [0.1, 0.15) is 37.8 Å². The minimum absolute atomic E-state index is 0.0539. The average molecular weight is 467 g/mol. The van der Waals surface area contributed by atoms with Crippen LogP contribution in [0.3, 0.4) is 0 Å². The van der Waals surface area contributed by atoms with E-state index in [4.69, 9.17) is 10.8 Å². The summed E-state index contributed by atoms with van der Waals surface area (Å²) < 4.78 is 53.2. The van der Waals surface area contributed by atoms with Gasteiger partial charge in [0.25, 0.3) is 0 Å². The third-order valence-electron chi connectivity index (χ3n) is 4.58. The molecule has 0 fully saturated rings. The SMILES string of the molecule is N=C/C(C(=N)c1cnc2ncc(F)cn12)=C(\C=C\CCCCCCNC=O)NCC(F)(F)F. The van der Waals surface area contributed by atoms with Gasteiger partial charge in [-0.1, -0.05) is 18.9 Å². The molecule has 0 radical (unpaired) electrons. The minimum atomic E-state index is -4.50. The third-order valence-corrected chi connectivity index (χ3v) is 4.58. The number of carbonyl (C=O) groups excluding carboxylic acids is 1. The van der Waals surface area contributed by atoms with E-state index in [0.29, 0.717) is 19.4 Å². The molecular weight excluding hydrogens is 442 g/mol. The van der Waals surface area contributed by atoms with E-state index < -0.39 is 18.5 Å². The second kappa shape index (κ2) is 12.5. The Morgan fingerprint density at radius 2 is 1.88 bits per heavy atom. The van der Waals surface area contributed by atoms with Crippen LogP contribution >= 0.6 is 0 Å². The summed E-state index contributed by atoms with van der Waals surface area (Å²) in [4.78, 5) is 17.9. The molecule has 4 N–H and O–H groups in total. The molecule has 1 amide bonds. The number of allylic oxidation sites excluding steroid dienone is 3. The van der Waals surface area contributed by atoms with Gasteiger partial charge in [-0.2, -0.15) is 13.2 Å². The molecule has 178 valence electrons. The lowest BCUT2D eigenvalue weighted by Gasteiger charge is -2.14. The number of amides is 1. The average Bonchev–Trinajstić information content (AvgIpc) is 3.18. The van der Waals surface area contributed by atoms with Crippen LogP contribution in [0, 0.1) is 16.6 Å². The first-order valence-corrected chi connectivity index (χ1v) is 10.2. The van der Waals surface area contributed by atoms with Crippen LogP contribution in [0.2, 0.25) is 0 Å². The van der Waals surface area contributed by atoms with Gasteiger partial charge in [0.05, 0.1) is 30.0 Å². The molecule has 0 aliphatic carbocycles. The predicted octanol–water partition coefficient (Wildman–Crippen LogP) is 3.54. The number of alkyl halides is 3. The van der Waals surface area contributed by atoms with Crippen molar-refractivity contribution in [2.45, 2.75) is 38.3 Å². The molecule has 0 saturated heterocycles. The molecule has 8 nitrogen and oxygen atoms in total. The van der Waals surface area contributed by atoms with E-state index in [-0.39, 0.29) is 28.5 Å². The molecule has 12 heteroatoms. The van der Waals surface area contributed by atoms with Crippen LogP contribution in [-0.2, 0) is 4.79 Å². The molecule has 2 aromatic rings. The number of halogens is 4. The zero-order chi connectivity index (χ0) is 24.3. The van der Waals surface area contributed by atoms with E-state index in [0.717, 1.165) is 44.3 Å². The van der Waals surface area contributed by atoms with Crippen molar-refractivity contribution < 1.29 is 22.4 Å². The summed E-state index contributed by atoms with van der Waals surface area (Å²) in [5.74, 6) is -0.559. The zero-order valence-corrected chi connectivity index (χ0v) is 17.8. The van der Waals surface area contributed by atoms with Crippen molar-refractivity contribution in [3.05, 3.63) is 53.5 Å². The fraction of sp³-hybridized carbons (Fsp3) is 0.381. The lowest BCUT2D eigenvalue weighted by atomic mass is 10.1. The van der Waals surface area contributed by atoms with Crippen LogP contribution in [0.15, 0.2) is 42.0 Å². The van der Waals surface area contributed by atoms with Crippen LogP contribution in [0.25, 0.3) is 5.78 Å². The highest BCUT2D eigenvalue weighted by molar-refractivity contribution is 6.22. The maximum Gasteiger partial charge on any atom is 0.405 e. The van der Waals surface area contributed by atoms with Crippen molar-refractivity contribution >= 4 is 24.1 Å². The van der Waals surface area contributed by atoms with E-state index in [1.165, 1.54) is 16.7 Å². The molecule has 0 unspecified atom stereocenters. The fourth-order valence-electron chi connectivity index (χ4n) is 3.00. The highest BCUT2D eigenvalue weighted by atomic mass is 19.4. The molecule has 0 bridgehead atoms. The van der Waals surface area contributed by atoms with Crippen molar-refractivity contribution in [3.63, 3.8) is 0 Å². The van der Waals surface area contributed by atoms with Crippen LogP contribution in [0.5, 0.6) is 0 Å². The molecule has 0 aromatic carbocycles. The molecule has 33 heavy (non-hydrogen) atoms. The van der Waals surface area contributed by atoms with Gasteiger partial charge in [0.2, 0.25) is 12.2 Å². The first kappa shape index (κ1) is 25.7. The third kappa shape index (κ3) is 8.13. The largest absolute Gasteiger partial charge is 0.405 e. The number of imidazole rings is 1. The first-order valence-electron chi connectivity index (χ1n) is 10.2. The normalized spacial score (nSPS) is 12.6. The second-order valence-electron chi connectivity index (χ2n) is 7.08. The maximum absolute atomic E-state index is 13.6. The molecule has 0 saturated carbocycles. The van der Waals surface area contributed by atoms with Gasteiger partial charge in [-0.15, -0.1) is 0 Å². The second-order valence-corrected chi connectivity index (χ2v) is 7.08. The number of aromatic nitrogens is 3. The van der Waals surface area contributed by atoms with Gasteiger partial charge in [-0.05, 0) is 25.3 Å².